The van der Waals surface area contributed by atoms with Gasteiger partial charge in [-0.25, -0.2) is 0 Å². The van der Waals surface area contributed by atoms with Gasteiger partial charge in [0.05, 0.1) is 13.3 Å². The van der Waals surface area contributed by atoms with Crippen molar-refractivity contribution in [1.82, 2.24) is 9.78 Å². The Kier molecular flexibility index (Phi) is 5.06. The van der Waals surface area contributed by atoms with Crippen LogP contribution >= 0.6 is 15.9 Å². The van der Waals surface area contributed by atoms with E-state index >= 15 is 0 Å². The van der Waals surface area contributed by atoms with E-state index in [1.165, 1.54) is 5.57 Å². The van der Waals surface area contributed by atoms with E-state index in [4.69, 9.17) is 4.74 Å². The number of nitrogens with zero attached hydrogens (tertiary/aromatic N) is 2. The number of halogens is 1. The van der Waals surface area contributed by atoms with Crippen LogP contribution in [0.5, 0.6) is 5.75 Å². The molecule has 0 saturated carbocycles. The molecule has 0 radical (unpaired) electrons. The molecule has 4 heteroatoms. The summed E-state index contributed by atoms with van der Waals surface area (Å²) in [6, 6.07) is 0.339. The quantitative estimate of drug-likeness (QED) is 0.773. The summed E-state index contributed by atoms with van der Waals surface area (Å²) < 4.78 is 7.34. The standard InChI is InChI=1S/C12H19BrN2O/c1-9(2)15-12(10(3)6-5-7-13)11(16-4)8-14-15/h6,8-9H,5,7H2,1-4H3. The molecule has 0 aliphatic carbocycles. The molecule has 0 aromatic carbocycles. The molecule has 16 heavy (non-hydrogen) atoms. The minimum Gasteiger partial charge on any atom is -0.493 e. The Morgan fingerprint density at radius 3 is 2.81 bits per heavy atom. The molecule has 0 amide bonds. The van der Waals surface area contributed by atoms with Crippen molar-refractivity contribution in [2.24, 2.45) is 0 Å². The summed E-state index contributed by atoms with van der Waals surface area (Å²) in [5.41, 5.74) is 2.29. The minimum atomic E-state index is 0.339. The van der Waals surface area contributed by atoms with Crippen LogP contribution in [0.2, 0.25) is 0 Å². The smallest absolute Gasteiger partial charge is 0.164 e. The van der Waals surface area contributed by atoms with E-state index in [1.54, 1.807) is 13.3 Å². The van der Waals surface area contributed by atoms with E-state index in [2.05, 4.69) is 47.9 Å². The largest absolute Gasteiger partial charge is 0.493 e. The van der Waals surface area contributed by atoms with Crippen LogP contribution in [0.15, 0.2) is 12.3 Å². The monoisotopic (exact) mass is 286 g/mol. The van der Waals surface area contributed by atoms with Crippen molar-refractivity contribution in [3.05, 3.63) is 18.0 Å². The fourth-order valence-electron chi connectivity index (χ4n) is 1.63. The summed E-state index contributed by atoms with van der Waals surface area (Å²) in [4.78, 5) is 0. The number of methoxy groups -OCH3 is 1. The van der Waals surface area contributed by atoms with Crippen molar-refractivity contribution >= 4 is 21.5 Å². The highest BCUT2D eigenvalue weighted by atomic mass is 79.9. The SMILES string of the molecule is COc1cnn(C(C)C)c1C(C)=CCCBr. The van der Waals surface area contributed by atoms with E-state index in [-0.39, 0.29) is 0 Å². The van der Waals surface area contributed by atoms with Gasteiger partial charge in [-0.1, -0.05) is 22.0 Å². The fraction of sp³-hybridized carbons (Fsp3) is 0.583. The maximum Gasteiger partial charge on any atom is 0.164 e. The summed E-state index contributed by atoms with van der Waals surface area (Å²) in [5.74, 6) is 0.844. The van der Waals surface area contributed by atoms with Gasteiger partial charge >= 0.3 is 0 Å². The molecular weight excluding hydrogens is 268 g/mol. The van der Waals surface area contributed by atoms with E-state index in [0.29, 0.717) is 6.04 Å². The first-order valence-electron chi connectivity index (χ1n) is 5.46. The minimum absolute atomic E-state index is 0.339. The molecular formula is C12H19BrN2O. The second kappa shape index (κ2) is 6.09. The van der Waals surface area contributed by atoms with Crippen molar-refractivity contribution in [3.8, 4) is 5.75 Å². The molecule has 1 aromatic heterocycles. The zero-order valence-corrected chi connectivity index (χ0v) is 11.9. The van der Waals surface area contributed by atoms with Crippen LogP contribution in [0.25, 0.3) is 5.57 Å². The van der Waals surface area contributed by atoms with Crippen molar-refractivity contribution in [2.75, 3.05) is 12.4 Å². The van der Waals surface area contributed by atoms with Crippen LogP contribution in [-0.2, 0) is 0 Å². The van der Waals surface area contributed by atoms with Gasteiger partial charge in [-0.3, -0.25) is 4.68 Å². The van der Waals surface area contributed by atoms with Gasteiger partial charge in [0.1, 0.15) is 5.69 Å². The zero-order valence-electron chi connectivity index (χ0n) is 10.3. The number of ether oxygens (including phenoxy) is 1. The van der Waals surface area contributed by atoms with Gasteiger partial charge in [-0.2, -0.15) is 5.10 Å². The first kappa shape index (κ1) is 13.3. The van der Waals surface area contributed by atoms with E-state index < -0.39 is 0 Å². The van der Waals surface area contributed by atoms with Gasteiger partial charge in [0.2, 0.25) is 0 Å². The first-order valence-corrected chi connectivity index (χ1v) is 6.58. The Labute approximate surface area is 106 Å². The lowest BCUT2D eigenvalue weighted by molar-refractivity contribution is 0.410. The number of hydrogen-bond donors (Lipinski definition) is 0. The van der Waals surface area contributed by atoms with Crippen molar-refractivity contribution in [1.29, 1.82) is 0 Å². The highest BCUT2D eigenvalue weighted by Crippen LogP contribution is 2.28. The number of hydrogen-bond acceptors (Lipinski definition) is 2. The maximum atomic E-state index is 5.34. The van der Waals surface area contributed by atoms with Gasteiger partial charge in [0.25, 0.3) is 0 Å². The molecule has 0 saturated heterocycles. The highest BCUT2D eigenvalue weighted by molar-refractivity contribution is 9.09. The Morgan fingerprint density at radius 1 is 1.62 bits per heavy atom. The third kappa shape index (κ3) is 2.88. The van der Waals surface area contributed by atoms with Crippen LogP contribution < -0.4 is 4.74 Å². The summed E-state index contributed by atoms with van der Waals surface area (Å²) in [7, 11) is 1.68. The van der Waals surface area contributed by atoms with Crippen LogP contribution in [-0.4, -0.2) is 22.2 Å². The van der Waals surface area contributed by atoms with Crippen LogP contribution in [0.3, 0.4) is 0 Å². The first-order chi connectivity index (χ1) is 7.61. The summed E-state index contributed by atoms with van der Waals surface area (Å²) in [6.45, 7) is 6.34. The average Bonchev–Trinajstić information content (AvgIpc) is 2.69. The van der Waals surface area contributed by atoms with Crippen molar-refractivity contribution < 1.29 is 4.74 Å². The topological polar surface area (TPSA) is 27.1 Å². The molecule has 0 fully saturated rings. The molecule has 0 aliphatic rings. The average molecular weight is 287 g/mol. The molecule has 90 valence electrons. The molecule has 1 aromatic rings. The predicted molar refractivity (Wildman–Crippen MR) is 71.2 cm³/mol. The third-order valence-corrected chi connectivity index (χ3v) is 2.86. The van der Waals surface area contributed by atoms with Gasteiger partial charge in [0, 0.05) is 11.4 Å². The second-order valence-corrected chi connectivity index (χ2v) is 4.76. The molecule has 0 N–H and O–H groups in total. The molecule has 3 nitrogen and oxygen atoms in total. The summed E-state index contributed by atoms with van der Waals surface area (Å²) in [6.07, 6.45) is 4.99. The summed E-state index contributed by atoms with van der Waals surface area (Å²) in [5, 5.41) is 5.33. The zero-order chi connectivity index (χ0) is 12.1. The Bertz CT molecular complexity index is 369. The summed E-state index contributed by atoms with van der Waals surface area (Å²) >= 11 is 3.43. The van der Waals surface area contributed by atoms with Crippen molar-refractivity contribution in [2.45, 2.75) is 33.2 Å². The number of alkyl halides is 1. The number of allylic oxidation sites excluding steroid dienone is 2. The van der Waals surface area contributed by atoms with Crippen molar-refractivity contribution in [3.63, 3.8) is 0 Å². The molecule has 0 aliphatic heterocycles. The molecule has 1 rings (SSSR count). The Balaban J connectivity index is 3.12. The van der Waals surface area contributed by atoms with E-state index in [1.807, 2.05) is 4.68 Å². The normalized spacial score (nSPS) is 12.2. The van der Waals surface area contributed by atoms with Crippen LogP contribution in [0.1, 0.15) is 38.9 Å². The Morgan fingerprint density at radius 2 is 2.31 bits per heavy atom. The second-order valence-electron chi connectivity index (χ2n) is 3.96. The predicted octanol–water partition coefficient (Wildman–Crippen LogP) is 3.66. The number of aromatic nitrogens is 2. The van der Waals surface area contributed by atoms with E-state index in [9.17, 15) is 0 Å². The van der Waals surface area contributed by atoms with E-state index in [0.717, 1.165) is 23.2 Å². The molecule has 0 unspecified atom stereocenters. The lowest BCUT2D eigenvalue weighted by Gasteiger charge is -2.12. The highest BCUT2D eigenvalue weighted by Gasteiger charge is 2.14. The van der Waals surface area contributed by atoms with Gasteiger partial charge in [0.15, 0.2) is 5.75 Å². The lowest BCUT2D eigenvalue weighted by Crippen LogP contribution is -2.06. The van der Waals surface area contributed by atoms with Crippen LogP contribution in [0.4, 0.5) is 0 Å². The third-order valence-electron chi connectivity index (χ3n) is 2.40. The molecule has 1 heterocycles. The maximum absolute atomic E-state index is 5.34. The molecule has 0 bridgehead atoms. The van der Waals surface area contributed by atoms with Gasteiger partial charge < -0.3 is 4.74 Å². The van der Waals surface area contributed by atoms with Crippen LogP contribution in [0, 0.1) is 0 Å². The number of rotatable bonds is 5. The fourth-order valence-corrected chi connectivity index (χ4v) is 1.86. The lowest BCUT2D eigenvalue weighted by atomic mass is 10.1. The Hall–Kier alpha value is -0.770. The molecule has 0 atom stereocenters. The molecule has 0 spiro atoms. The van der Waals surface area contributed by atoms with Gasteiger partial charge in [-0.15, -0.1) is 0 Å². The van der Waals surface area contributed by atoms with Gasteiger partial charge in [-0.05, 0) is 32.8 Å².